The van der Waals surface area contributed by atoms with Crippen molar-refractivity contribution in [3.63, 3.8) is 0 Å². The number of hydrogen-bond donors (Lipinski definition) is 3. The Hall–Kier alpha value is -4.65. The molecule has 2 aromatic carbocycles. The van der Waals surface area contributed by atoms with E-state index in [1.54, 1.807) is 19.2 Å². The second-order valence-corrected chi connectivity index (χ2v) is 18.0. The predicted molar refractivity (Wildman–Crippen MR) is 228 cm³/mol. The third-order valence-corrected chi connectivity index (χ3v) is 12.9. The van der Waals surface area contributed by atoms with Crippen LogP contribution < -0.4 is 10.6 Å². The fourth-order valence-corrected chi connectivity index (χ4v) is 8.96. The van der Waals surface area contributed by atoms with Gasteiger partial charge in [0.1, 0.15) is 23.5 Å². The van der Waals surface area contributed by atoms with Crippen molar-refractivity contribution in [1.29, 1.82) is 0 Å². The maximum Gasteiger partial charge on any atom is 0.245 e. The van der Waals surface area contributed by atoms with E-state index in [0.29, 0.717) is 67.0 Å². The number of halogens is 2. The van der Waals surface area contributed by atoms with Crippen LogP contribution in [0.3, 0.4) is 0 Å². The number of imidazole rings is 1. The first-order chi connectivity index (χ1) is 28.1. The van der Waals surface area contributed by atoms with Gasteiger partial charge in [-0.25, -0.2) is 13.8 Å². The SMILES string of the molecule is CCC[C@H](NC(=O)[C@H](C)CC)C(=O)N1CCC[C@H]1Cn1c(-c2[nH]c3cc(F)ccc3c2C[C@@H]2CCCN2C(=O)[C@@H](CC(=O)[C@H](C)NC)C(C)(C)C)nc2cc(F)ccc21. The smallest absolute Gasteiger partial charge is 0.245 e. The van der Waals surface area contributed by atoms with Gasteiger partial charge in [0.15, 0.2) is 5.82 Å². The molecule has 13 heteroatoms. The average Bonchev–Trinajstić information content (AvgIpc) is 4.01. The van der Waals surface area contributed by atoms with Gasteiger partial charge in [0, 0.05) is 66.9 Å². The molecular weight excluding hydrogens is 753 g/mol. The van der Waals surface area contributed by atoms with Gasteiger partial charge in [-0.05, 0) is 100 Å². The molecule has 0 bridgehead atoms. The van der Waals surface area contributed by atoms with Crippen LogP contribution in [0.1, 0.15) is 105 Å². The summed E-state index contributed by atoms with van der Waals surface area (Å²) in [6.07, 6.45) is 5.61. The Balaban J connectivity index is 1.39. The molecule has 59 heavy (non-hydrogen) atoms. The van der Waals surface area contributed by atoms with E-state index < -0.39 is 29.0 Å². The molecule has 2 aliphatic rings. The molecule has 6 atom stereocenters. The highest BCUT2D eigenvalue weighted by Gasteiger charge is 2.41. The third kappa shape index (κ3) is 9.40. The van der Waals surface area contributed by atoms with Gasteiger partial charge >= 0.3 is 0 Å². The summed E-state index contributed by atoms with van der Waals surface area (Å²) in [5.74, 6) is -1.31. The van der Waals surface area contributed by atoms with Gasteiger partial charge in [0.05, 0.1) is 22.8 Å². The highest BCUT2D eigenvalue weighted by atomic mass is 19.1. The number of ketones is 1. The van der Waals surface area contributed by atoms with Crippen LogP contribution in [0.2, 0.25) is 0 Å². The topological polar surface area (TPSA) is 132 Å². The Bertz CT molecular complexity index is 2170. The van der Waals surface area contributed by atoms with Gasteiger partial charge in [0.25, 0.3) is 0 Å². The van der Waals surface area contributed by atoms with Crippen LogP contribution in [0.15, 0.2) is 36.4 Å². The van der Waals surface area contributed by atoms with Crippen LogP contribution in [0.25, 0.3) is 33.5 Å². The Labute approximate surface area is 347 Å². The summed E-state index contributed by atoms with van der Waals surface area (Å²) in [6, 6.07) is 7.73. The lowest BCUT2D eigenvalue weighted by Gasteiger charge is -2.35. The van der Waals surface area contributed by atoms with E-state index in [0.717, 1.165) is 43.1 Å². The first kappa shape index (κ1) is 43.9. The number of benzene rings is 2. The van der Waals surface area contributed by atoms with Crippen LogP contribution in [0, 0.1) is 28.9 Å². The quantitative estimate of drug-likeness (QED) is 0.107. The lowest BCUT2D eigenvalue weighted by atomic mass is 9.76. The normalized spacial score (nSPS) is 19.4. The summed E-state index contributed by atoms with van der Waals surface area (Å²) < 4.78 is 31.7. The molecule has 4 aromatic rings. The van der Waals surface area contributed by atoms with E-state index in [1.165, 1.54) is 24.3 Å². The van der Waals surface area contributed by atoms with Crippen LogP contribution in [-0.2, 0) is 32.1 Å². The number of aromatic nitrogens is 3. The number of rotatable bonds is 16. The number of aromatic amines is 1. The summed E-state index contributed by atoms with van der Waals surface area (Å²) in [7, 11) is 1.74. The fourth-order valence-electron chi connectivity index (χ4n) is 8.96. The summed E-state index contributed by atoms with van der Waals surface area (Å²) in [5, 5.41) is 6.84. The van der Waals surface area contributed by atoms with Gasteiger partial charge in [-0.3, -0.25) is 19.2 Å². The molecule has 2 aromatic heterocycles. The maximum atomic E-state index is 14.9. The van der Waals surface area contributed by atoms with Gasteiger partial charge in [-0.1, -0.05) is 48.0 Å². The molecule has 0 saturated carbocycles. The molecule has 3 N–H and O–H groups in total. The van der Waals surface area contributed by atoms with Gasteiger partial charge in [-0.15, -0.1) is 0 Å². The van der Waals surface area contributed by atoms with Crippen LogP contribution in [0.5, 0.6) is 0 Å². The number of H-pyrrole nitrogens is 1. The first-order valence-corrected chi connectivity index (χ1v) is 21.6. The van der Waals surface area contributed by atoms with Crippen LogP contribution in [-0.4, -0.2) is 92.1 Å². The monoisotopic (exact) mass is 815 g/mol. The Morgan fingerprint density at radius 1 is 0.932 bits per heavy atom. The molecule has 320 valence electrons. The summed E-state index contributed by atoms with van der Waals surface area (Å²) >= 11 is 0. The molecule has 0 radical (unpaired) electrons. The van der Waals surface area contributed by atoms with E-state index in [2.05, 4.69) is 15.6 Å². The Morgan fingerprint density at radius 2 is 1.59 bits per heavy atom. The van der Waals surface area contributed by atoms with Crippen molar-refractivity contribution >= 4 is 45.4 Å². The van der Waals surface area contributed by atoms with E-state index >= 15 is 0 Å². The molecule has 6 rings (SSSR count). The third-order valence-electron chi connectivity index (χ3n) is 12.9. The van der Waals surface area contributed by atoms with E-state index in [4.69, 9.17) is 4.98 Å². The zero-order valence-corrected chi connectivity index (χ0v) is 36.1. The predicted octanol–water partition coefficient (Wildman–Crippen LogP) is 7.55. The Morgan fingerprint density at radius 3 is 2.25 bits per heavy atom. The fraction of sp³-hybridized carbons (Fsp3) is 0.587. The molecule has 2 saturated heterocycles. The summed E-state index contributed by atoms with van der Waals surface area (Å²) in [4.78, 5) is 67.2. The lowest BCUT2D eigenvalue weighted by molar-refractivity contribution is -0.143. The number of nitrogens with zero attached hydrogens (tertiary/aromatic N) is 4. The van der Waals surface area contributed by atoms with Crippen LogP contribution >= 0.6 is 0 Å². The number of likely N-dealkylation sites (tertiary alicyclic amines) is 2. The standard InChI is InChI=1S/C46H63F2N7O4/c1-9-13-36(52-43(57)27(3)10-2)45(59)54-21-12-15-32(54)26-55-39-19-17-30(48)23-38(39)51-42(55)41-34(33-18-16-29(47)22-37(33)50-41)24-31-14-11-20-53(31)44(58)35(46(5,6)7)25-40(56)28(4)49-8/h16-19,22-23,27-28,31-32,35-36,49-50H,9-15,20-21,24-26H2,1-8H3,(H,52,57)/t27-,28+,31+,32+,35-,36+/m1/s1. The molecule has 2 aliphatic heterocycles. The molecule has 4 heterocycles. The van der Waals surface area contributed by atoms with Crippen LogP contribution in [0.4, 0.5) is 8.78 Å². The van der Waals surface area contributed by atoms with Gasteiger partial charge in [0.2, 0.25) is 17.7 Å². The molecular formula is C46H63F2N7O4. The number of Topliss-reactive ketones (excluding diaryl/α,β-unsaturated/α-hetero) is 1. The summed E-state index contributed by atoms with van der Waals surface area (Å²) in [6.45, 7) is 15.1. The van der Waals surface area contributed by atoms with Crippen molar-refractivity contribution in [2.45, 2.75) is 137 Å². The van der Waals surface area contributed by atoms with Gasteiger partial charge in [-0.2, -0.15) is 0 Å². The van der Waals surface area contributed by atoms with Crippen molar-refractivity contribution in [2.24, 2.45) is 17.3 Å². The zero-order chi connectivity index (χ0) is 42.8. The minimum atomic E-state index is -0.634. The highest BCUT2D eigenvalue weighted by Crippen LogP contribution is 2.39. The Kier molecular flexibility index (Phi) is 13.6. The number of carbonyl (C=O) groups excluding carboxylic acids is 4. The summed E-state index contributed by atoms with van der Waals surface area (Å²) in [5.41, 5.74) is 2.77. The average molecular weight is 816 g/mol. The number of fused-ring (bicyclic) bond motifs is 2. The van der Waals surface area contributed by atoms with E-state index in [1.807, 2.05) is 62.8 Å². The molecule has 0 unspecified atom stereocenters. The van der Waals surface area contributed by atoms with E-state index in [9.17, 15) is 28.0 Å². The highest BCUT2D eigenvalue weighted by molar-refractivity contribution is 5.93. The molecule has 11 nitrogen and oxygen atoms in total. The molecule has 3 amide bonds. The second kappa shape index (κ2) is 18.3. The van der Waals surface area contributed by atoms with Crippen molar-refractivity contribution in [2.75, 3.05) is 20.1 Å². The molecule has 0 spiro atoms. The molecule has 2 fully saturated rings. The largest absolute Gasteiger partial charge is 0.352 e. The van der Waals surface area contributed by atoms with Gasteiger partial charge < -0.3 is 30.0 Å². The zero-order valence-electron chi connectivity index (χ0n) is 36.1. The number of nitrogens with one attached hydrogen (secondary N) is 3. The number of amides is 3. The van der Waals surface area contributed by atoms with Crippen molar-refractivity contribution < 1.29 is 28.0 Å². The minimum absolute atomic E-state index is 0.00735. The van der Waals surface area contributed by atoms with E-state index in [-0.39, 0.29) is 54.0 Å². The number of likely N-dealkylation sites (N-methyl/N-ethyl adjacent to an activating group) is 1. The number of carbonyl (C=O) groups is 4. The maximum absolute atomic E-state index is 14.9. The van der Waals surface area contributed by atoms with Crippen molar-refractivity contribution in [3.8, 4) is 11.5 Å². The number of hydrogen-bond acceptors (Lipinski definition) is 6. The first-order valence-electron chi connectivity index (χ1n) is 21.6. The molecule has 0 aliphatic carbocycles. The lowest BCUT2D eigenvalue weighted by Crippen LogP contribution is -2.51. The second-order valence-electron chi connectivity index (χ2n) is 18.0. The minimum Gasteiger partial charge on any atom is -0.352 e. The van der Waals surface area contributed by atoms with Crippen molar-refractivity contribution in [3.05, 3.63) is 53.6 Å². The van der Waals surface area contributed by atoms with Crippen molar-refractivity contribution in [1.82, 2.24) is 35.0 Å².